The quantitative estimate of drug-likeness (QED) is 0.422. The molecule has 2 aromatic carbocycles. The minimum atomic E-state index is -0.650. The SMILES string of the molecule is COc1ccc([C@@H]2C(=C(O)c3ccccc3)C(=O)C(=O)N2CCN2CCNCC2)cc1. The molecule has 2 aliphatic heterocycles. The monoisotopic (exact) mass is 421 g/mol. The summed E-state index contributed by atoms with van der Waals surface area (Å²) < 4.78 is 5.25. The molecule has 0 unspecified atom stereocenters. The summed E-state index contributed by atoms with van der Waals surface area (Å²) in [6, 6.07) is 15.5. The second-order valence-corrected chi connectivity index (χ2v) is 7.72. The molecule has 2 heterocycles. The predicted octanol–water partition coefficient (Wildman–Crippen LogP) is 2.02. The molecule has 4 rings (SSSR count). The van der Waals surface area contributed by atoms with Crippen molar-refractivity contribution in [2.45, 2.75) is 6.04 Å². The van der Waals surface area contributed by atoms with Crippen molar-refractivity contribution in [3.05, 3.63) is 71.3 Å². The molecule has 2 N–H and O–H groups in total. The number of hydrogen-bond acceptors (Lipinski definition) is 6. The average molecular weight is 421 g/mol. The molecule has 2 aliphatic rings. The van der Waals surface area contributed by atoms with Crippen LogP contribution < -0.4 is 10.1 Å². The molecule has 0 aromatic heterocycles. The number of hydrogen-bond donors (Lipinski definition) is 2. The van der Waals surface area contributed by atoms with E-state index in [1.807, 2.05) is 18.2 Å². The van der Waals surface area contributed by atoms with Gasteiger partial charge >= 0.3 is 0 Å². The molecule has 0 saturated carbocycles. The minimum Gasteiger partial charge on any atom is -0.507 e. The van der Waals surface area contributed by atoms with Crippen LogP contribution in [-0.4, -0.2) is 73.0 Å². The molecular formula is C24H27N3O4. The van der Waals surface area contributed by atoms with Gasteiger partial charge in [0.2, 0.25) is 0 Å². The highest BCUT2D eigenvalue weighted by Gasteiger charge is 2.46. The maximum Gasteiger partial charge on any atom is 0.295 e. The number of piperazine rings is 1. The molecule has 2 fully saturated rings. The molecule has 1 amide bonds. The van der Waals surface area contributed by atoms with Gasteiger partial charge < -0.3 is 20.1 Å². The van der Waals surface area contributed by atoms with Crippen molar-refractivity contribution < 1.29 is 19.4 Å². The third-order valence-corrected chi connectivity index (χ3v) is 5.89. The van der Waals surface area contributed by atoms with Gasteiger partial charge in [0.25, 0.3) is 11.7 Å². The Morgan fingerprint density at radius 1 is 1.03 bits per heavy atom. The van der Waals surface area contributed by atoms with Crippen LogP contribution in [0, 0.1) is 0 Å². The van der Waals surface area contributed by atoms with Crippen LogP contribution in [0.3, 0.4) is 0 Å². The summed E-state index contributed by atoms with van der Waals surface area (Å²) in [6.07, 6.45) is 0. The van der Waals surface area contributed by atoms with Gasteiger partial charge in [0, 0.05) is 44.8 Å². The molecule has 7 heteroatoms. The van der Waals surface area contributed by atoms with E-state index in [4.69, 9.17) is 4.74 Å². The number of aliphatic hydroxyl groups excluding tert-OH is 1. The van der Waals surface area contributed by atoms with Crippen molar-refractivity contribution in [1.82, 2.24) is 15.1 Å². The van der Waals surface area contributed by atoms with Crippen molar-refractivity contribution >= 4 is 17.4 Å². The zero-order valence-electron chi connectivity index (χ0n) is 17.6. The zero-order chi connectivity index (χ0) is 21.8. The molecule has 1 atom stereocenters. The van der Waals surface area contributed by atoms with Crippen LogP contribution in [0.15, 0.2) is 60.2 Å². The van der Waals surface area contributed by atoms with Crippen LogP contribution in [-0.2, 0) is 9.59 Å². The molecule has 2 aromatic rings. The Labute approximate surface area is 181 Å². The third-order valence-electron chi connectivity index (χ3n) is 5.89. The number of Topliss-reactive ketones (excluding diaryl/α,β-unsaturated/α-hetero) is 1. The second-order valence-electron chi connectivity index (χ2n) is 7.72. The van der Waals surface area contributed by atoms with Gasteiger partial charge in [-0.2, -0.15) is 0 Å². The largest absolute Gasteiger partial charge is 0.507 e. The second kappa shape index (κ2) is 9.32. The van der Waals surface area contributed by atoms with Crippen molar-refractivity contribution in [2.75, 3.05) is 46.4 Å². The summed E-state index contributed by atoms with van der Waals surface area (Å²) in [5.74, 6) is -0.690. The lowest BCUT2D eigenvalue weighted by molar-refractivity contribution is -0.140. The number of likely N-dealkylation sites (tertiary alicyclic amines) is 1. The summed E-state index contributed by atoms with van der Waals surface area (Å²) in [4.78, 5) is 29.9. The summed E-state index contributed by atoms with van der Waals surface area (Å²) in [5.41, 5.74) is 1.40. The molecule has 0 aliphatic carbocycles. The van der Waals surface area contributed by atoms with Gasteiger partial charge in [0.15, 0.2) is 0 Å². The Kier molecular flexibility index (Phi) is 6.34. The van der Waals surface area contributed by atoms with E-state index in [-0.39, 0.29) is 11.3 Å². The van der Waals surface area contributed by atoms with E-state index in [1.165, 1.54) is 0 Å². The van der Waals surface area contributed by atoms with E-state index in [0.717, 1.165) is 31.7 Å². The van der Waals surface area contributed by atoms with E-state index >= 15 is 0 Å². The first kappa shape index (κ1) is 21.1. The molecule has 2 saturated heterocycles. The van der Waals surface area contributed by atoms with Gasteiger partial charge in [-0.1, -0.05) is 42.5 Å². The van der Waals surface area contributed by atoms with E-state index < -0.39 is 17.7 Å². The van der Waals surface area contributed by atoms with E-state index in [9.17, 15) is 14.7 Å². The Morgan fingerprint density at radius 3 is 2.35 bits per heavy atom. The first-order chi connectivity index (χ1) is 15.1. The van der Waals surface area contributed by atoms with Crippen molar-refractivity contribution in [3.8, 4) is 5.75 Å². The fourth-order valence-corrected chi connectivity index (χ4v) is 4.18. The molecule has 162 valence electrons. The third kappa shape index (κ3) is 4.33. The lowest BCUT2D eigenvalue weighted by Crippen LogP contribution is -2.46. The van der Waals surface area contributed by atoms with Crippen LogP contribution in [0.1, 0.15) is 17.2 Å². The number of methoxy groups -OCH3 is 1. The summed E-state index contributed by atoms with van der Waals surface area (Å²) in [7, 11) is 1.59. The van der Waals surface area contributed by atoms with Gasteiger partial charge in [-0.3, -0.25) is 14.5 Å². The summed E-state index contributed by atoms with van der Waals surface area (Å²) in [6.45, 7) is 4.71. The Bertz CT molecular complexity index is 966. The number of carbonyl (C=O) groups excluding carboxylic acids is 2. The fourth-order valence-electron chi connectivity index (χ4n) is 4.18. The van der Waals surface area contributed by atoms with E-state index in [1.54, 1.807) is 48.4 Å². The fraction of sp³-hybridized carbons (Fsp3) is 0.333. The molecule has 31 heavy (non-hydrogen) atoms. The number of nitrogens with one attached hydrogen (secondary N) is 1. The highest BCUT2D eigenvalue weighted by Crippen LogP contribution is 2.39. The van der Waals surface area contributed by atoms with E-state index in [2.05, 4.69) is 10.2 Å². The topological polar surface area (TPSA) is 82.1 Å². The van der Waals surface area contributed by atoms with Crippen LogP contribution in [0.2, 0.25) is 0 Å². The number of carbonyl (C=O) groups is 2. The average Bonchev–Trinajstić information content (AvgIpc) is 3.08. The number of aliphatic hydroxyl groups is 1. The van der Waals surface area contributed by atoms with Gasteiger partial charge in [0.1, 0.15) is 11.5 Å². The zero-order valence-corrected chi connectivity index (χ0v) is 17.6. The summed E-state index contributed by atoms with van der Waals surface area (Å²) in [5, 5.41) is 14.3. The highest BCUT2D eigenvalue weighted by molar-refractivity contribution is 6.46. The normalized spacial score (nSPS) is 21.5. The first-order valence-corrected chi connectivity index (χ1v) is 10.5. The lowest BCUT2D eigenvalue weighted by atomic mass is 9.95. The lowest BCUT2D eigenvalue weighted by Gasteiger charge is -2.31. The van der Waals surface area contributed by atoms with Crippen molar-refractivity contribution in [2.24, 2.45) is 0 Å². The maximum absolute atomic E-state index is 13.0. The summed E-state index contributed by atoms with van der Waals surface area (Å²) >= 11 is 0. The van der Waals surface area contributed by atoms with Crippen molar-refractivity contribution in [3.63, 3.8) is 0 Å². The molecule has 0 radical (unpaired) electrons. The Morgan fingerprint density at radius 2 is 1.71 bits per heavy atom. The molecule has 7 nitrogen and oxygen atoms in total. The number of amides is 1. The smallest absolute Gasteiger partial charge is 0.295 e. The number of rotatable bonds is 6. The van der Waals surface area contributed by atoms with Gasteiger partial charge in [-0.15, -0.1) is 0 Å². The first-order valence-electron chi connectivity index (χ1n) is 10.5. The maximum atomic E-state index is 13.0. The van der Waals surface area contributed by atoms with Crippen LogP contribution in [0.4, 0.5) is 0 Å². The number of nitrogens with zero attached hydrogens (tertiary/aromatic N) is 2. The van der Waals surface area contributed by atoms with Crippen molar-refractivity contribution in [1.29, 1.82) is 0 Å². The van der Waals surface area contributed by atoms with Crippen LogP contribution in [0.5, 0.6) is 5.75 Å². The molecular weight excluding hydrogens is 394 g/mol. The van der Waals surface area contributed by atoms with Crippen LogP contribution >= 0.6 is 0 Å². The Hall–Kier alpha value is -3.16. The van der Waals surface area contributed by atoms with Gasteiger partial charge in [0.05, 0.1) is 18.7 Å². The highest BCUT2D eigenvalue weighted by atomic mass is 16.5. The van der Waals surface area contributed by atoms with Crippen LogP contribution in [0.25, 0.3) is 5.76 Å². The van der Waals surface area contributed by atoms with Gasteiger partial charge in [-0.05, 0) is 17.7 Å². The Balaban J connectivity index is 1.72. The number of benzene rings is 2. The molecule has 0 bridgehead atoms. The minimum absolute atomic E-state index is 0.127. The number of ether oxygens (including phenoxy) is 1. The number of ketones is 1. The molecule has 0 spiro atoms. The standard InChI is InChI=1S/C24H27N3O4/c1-31-19-9-7-17(8-10-19)21-20(22(28)18-5-3-2-4-6-18)23(29)24(30)27(21)16-15-26-13-11-25-12-14-26/h2-10,21,25,28H,11-16H2,1H3/t21-/m1/s1. The van der Waals surface area contributed by atoms with E-state index in [0.29, 0.717) is 24.4 Å². The predicted molar refractivity (Wildman–Crippen MR) is 118 cm³/mol. The van der Waals surface area contributed by atoms with Gasteiger partial charge in [-0.25, -0.2) is 0 Å².